The van der Waals surface area contributed by atoms with Crippen LogP contribution in [0.2, 0.25) is 0 Å². The van der Waals surface area contributed by atoms with Crippen LogP contribution in [-0.4, -0.2) is 5.91 Å². The second-order valence-electron chi connectivity index (χ2n) is 3.86. The molecule has 0 bridgehead atoms. The molecule has 2 aromatic rings. The van der Waals surface area contributed by atoms with Gasteiger partial charge in [-0.3, -0.25) is 4.79 Å². The van der Waals surface area contributed by atoms with E-state index in [0.29, 0.717) is 5.56 Å². The van der Waals surface area contributed by atoms with Gasteiger partial charge in [-0.15, -0.1) is 11.3 Å². The van der Waals surface area contributed by atoms with E-state index in [0.717, 1.165) is 26.2 Å². The van der Waals surface area contributed by atoms with E-state index < -0.39 is 0 Å². The first-order valence-electron chi connectivity index (χ1n) is 5.54. The fourth-order valence-corrected chi connectivity index (χ4v) is 2.95. The van der Waals surface area contributed by atoms with Crippen molar-refractivity contribution in [2.24, 2.45) is 0 Å². The maximum absolute atomic E-state index is 11.9. The number of halogens is 1. The van der Waals surface area contributed by atoms with Crippen LogP contribution in [0.25, 0.3) is 0 Å². The van der Waals surface area contributed by atoms with E-state index in [1.807, 2.05) is 23.6 Å². The minimum absolute atomic E-state index is 0.0992. The summed E-state index contributed by atoms with van der Waals surface area (Å²) in [5.74, 6) is -0.0992. The van der Waals surface area contributed by atoms with Crippen LogP contribution in [0.4, 0.5) is 11.4 Å². The van der Waals surface area contributed by atoms with E-state index in [1.165, 1.54) is 0 Å². The van der Waals surface area contributed by atoms with Crippen molar-refractivity contribution in [1.82, 2.24) is 0 Å². The normalized spacial score (nSPS) is 10.3. The number of hydrogen-bond donors (Lipinski definition) is 2. The van der Waals surface area contributed by atoms with E-state index in [4.69, 9.17) is 5.73 Å². The molecule has 0 aliphatic heterocycles. The number of nitrogens with two attached hydrogens (primary N) is 1. The molecular weight excluding hydrogens is 359 g/mol. The lowest BCUT2D eigenvalue weighted by atomic mass is 10.1. The smallest absolute Gasteiger partial charge is 0.256 e. The molecule has 1 heterocycles. The highest BCUT2D eigenvalue weighted by molar-refractivity contribution is 14.1. The van der Waals surface area contributed by atoms with Crippen molar-refractivity contribution in [3.8, 4) is 0 Å². The molecule has 2 rings (SSSR count). The Hall–Kier alpha value is -1.08. The van der Waals surface area contributed by atoms with Gasteiger partial charge in [0.15, 0.2) is 0 Å². The summed E-state index contributed by atoms with van der Waals surface area (Å²) < 4.78 is 1.10. The minimum atomic E-state index is -0.0992. The van der Waals surface area contributed by atoms with E-state index in [-0.39, 0.29) is 5.91 Å². The van der Waals surface area contributed by atoms with Gasteiger partial charge in [-0.2, -0.15) is 0 Å². The lowest BCUT2D eigenvalue weighted by molar-refractivity contribution is 0.102. The summed E-state index contributed by atoms with van der Waals surface area (Å²) >= 11 is 3.75. The number of nitrogens with one attached hydrogen (secondary N) is 1. The number of thiophene rings is 1. The van der Waals surface area contributed by atoms with Crippen molar-refractivity contribution in [3.05, 3.63) is 43.7 Å². The SMILES string of the molecule is CCc1ccc(NC(=O)c2csc(I)c2)cc1N. The van der Waals surface area contributed by atoms with Gasteiger partial charge in [0.1, 0.15) is 0 Å². The second-order valence-corrected chi connectivity index (χ2v) is 6.67. The molecule has 0 aliphatic carbocycles. The summed E-state index contributed by atoms with van der Waals surface area (Å²) in [5, 5.41) is 4.70. The van der Waals surface area contributed by atoms with Gasteiger partial charge in [0.25, 0.3) is 5.91 Å². The summed E-state index contributed by atoms with van der Waals surface area (Å²) in [7, 11) is 0. The summed E-state index contributed by atoms with van der Waals surface area (Å²) in [6, 6.07) is 7.49. The quantitative estimate of drug-likeness (QED) is 0.637. The molecule has 1 amide bonds. The topological polar surface area (TPSA) is 55.1 Å². The highest BCUT2D eigenvalue weighted by Gasteiger charge is 2.08. The largest absolute Gasteiger partial charge is 0.398 e. The monoisotopic (exact) mass is 372 g/mol. The molecule has 5 heteroatoms. The van der Waals surface area contributed by atoms with Crippen molar-refractivity contribution in [2.45, 2.75) is 13.3 Å². The molecule has 0 spiro atoms. The Morgan fingerprint density at radius 3 is 2.78 bits per heavy atom. The molecule has 0 unspecified atom stereocenters. The van der Waals surface area contributed by atoms with E-state index >= 15 is 0 Å². The Labute approximate surface area is 124 Å². The molecule has 0 saturated heterocycles. The summed E-state index contributed by atoms with van der Waals surface area (Å²) in [6.07, 6.45) is 0.892. The zero-order chi connectivity index (χ0) is 13.1. The molecule has 1 aromatic heterocycles. The van der Waals surface area contributed by atoms with Crippen LogP contribution >= 0.6 is 33.9 Å². The zero-order valence-corrected chi connectivity index (χ0v) is 12.8. The summed E-state index contributed by atoms with van der Waals surface area (Å²) in [6.45, 7) is 2.05. The number of rotatable bonds is 3. The fraction of sp³-hybridized carbons (Fsp3) is 0.154. The van der Waals surface area contributed by atoms with Gasteiger partial charge in [0.2, 0.25) is 0 Å². The van der Waals surface area contributed by atoms with E-state index in [9.17, 15) is 4.79 Å². The Kier molecular flexibility index (Phi) is 4.23. The fourth-order valence-electron chi connectivity index (χ4n) is 1.63. The predicted molar refractivity (Wildman–Crippen MR) is 85.2 cm³/mol. The lowest BCUT2D eigenvalue weighted by Gasteiger charge is -2.07. The van der Waals surface area contributed by atoms with Crippen LogP contribution in [0.15, 0.2) is 29.6 Å². The number of carbonyl (C=O) groups is 1. The number of carbonyl (C=O) groups excluding carboxylic acids is 1. The van der Waals surface area contributed by atoms with Crippen molar-refractivity contribution >= 4 is 51.2 Å². The van der Waals surface area contributed by atoms with Crippen LogP contribution in [0.1, 0.15) is 22.8 Å². The Morgan fingerprint density at radius 2 is 2.22 bits per heavy atom. The molecule has 0 saturated carbocycles. The Bertz CT molecular complexity index is 580. The Balaban J connectivity index is 2.14. The van der Waals surface area contributed by atoms with Crippen LogP contribution < -0.4 is 11.1 Å². The standard InChI is InChI=1S/C13H13IN2OS/c1-2-8-3-4-10(6-11(8)15)16-13(17)9-5-12(14)18-7-9/h3-7H,2,15H2,1H3,(H,16,17). The average Bonchev–Trinajstić information content (AvgIpc) is 2.76. The number of anilines is 2. The second kappa shape index (κ2) is 5.71. The van der Waals surface area contributed by atoms with Crippen LogP contribution in [-0.2, 0) is 6.42 Å². The first kappa shape index (κ1) is 13.4. The van der Waals surface area contributed by atoms with Crippen molar-refractivity contribution in [2.75, 3.05) is 11.1 Å². The van der Waals surface area contributed by atoms with Crippen molar-refractivity contribution in [1.29, 1.82) is 0 Å². The van der Waals surface area contributed by atoms with Gasteiger partial charge in [0, 0.05) is 16.8 Å². The molecule has 18 heavy (non-hydrogen) atoms. The zero-order valence-electron chi connectivity index (χ0n) is 9.87. The van der Waals surface area contributed by atoms with Crippen molar-refractivity contribution in [3.63, 3.8) is 0 Å². The number of hydrogen-bond acceptors (Lipinski definition) is 3. The predicted octanol–water partition coefficient (Wildman–Crippen LogP) is 3.75. The van der Waals surface area contributed by atoms with Crippen LogP contribution in [0, 0.1) is 2.88 Å². The third kappa shape index (κ3) is 3.02. The summed E-state index contributed by atoms with van der Waals surface area (Å²) in [4.78, 5) is 11.9. The van der Waals surface area contributed by atoms with Gasteiger partial charge in [-0.1, -0.05) is 13.0 Å². The molecule has 0 fully saturated rings. The first-order valence-corrected chi connectivity index (χ1v) is 7.49. The average molecular weight is 372 g/mol. The number of amides is 1. The molecule has 3 N–H and O–H groups in total. The van der Waals surface area contributed by atoms with Crippen molar-refractivity contribution < 1.29 is 4.79 Å². The van der Waals surface area contributed by atoms with Gasteiger partial charge < -0.3 is 11.1 Å². The molecule has 1 aromatic carbocycles. The molecule has 0 aliphatic rings. The highest BCUT2D eigenvalue weighted by atomic mass is 127. The Morgan fingerprint density at radius 1 is 1.44 bits per heavy atom. The van der Waals surface area contributed by atoms with Gasteiger partial charge in [0.05, 0.1) is 8.45 Å². The van der Waals surface area contributed by atoms with Crippen LogP contribution in [0.3, 0.4) is 0 Å². The van der Waals surface area contributed by atoms with E-state index in [2.05, 4.69) is 34.8 Å². The lowest BCUT2D eigenvalue weighted by Crippen LogP contribution is -2.11. The number of aryl methyl sites for hydroxylation is 1. The van der Waals surface area contributed by atoms with Crippen LogP contribution in [0.5, 0.6) is 0 Å². The number of benzene rings is 1. The third-order valence-corrected chi connectivity index (χ3v) is 4.40. The minimum Gasteiger partial charge on any atom is -0.398 e. The molecule has 94 valence electrons. The molecule has 0 radical (unpaired) electrons. The molecule has 0 atom stereocenters. The molecule has 3 nitrogen and oxygen atoms in total. The first-order chi connectivity index (χ1) is 8.60. The summed E-state index contributed by atoms with van der Waals surface area (Å²) in [5.41, 5.74) is 9.13. The third-order valence-electron chi connectivity index (χ3n) is 2.61. The number of nitrogen functional groups attached to an aromatic ring is 1. The van der Waals surface area contributed by atoms with E-state index in [1.54, 1.807) is 17.4 Å². The maximum atomic E-state index is 11.9. The van der Waals surface area contributed by atoms with Gasteiger partial charge in [-0.05, 0) is 52.8 Å². The molecular formula is C13H13IN2OS. The van der Waals surface area contributed by atoms with Gasteiger partial charge in [-0.25, -0.2) is 0 Å². The highest BCUT2D eigenvalue weighted by Crippen LogP contribution is 2.21. The maximum Gasteiger partial charge on any atom is 0.256 e. The van der Waals surface area contributed by atoms with Gasteiger partial charge >= 0.3 is 0 Å².